The summed E-state index contributed by atoms with van der Waals surface area (Å²) in [6.45, 7) is 5.15. The number of benzene rings is 2. The number of carbonyl (C=O) groups excluding carboxylic acids is 2. The first kappa shape index (κ1) is 33.5. The van der Waals surface area contributed by atoms with Gasteiger partial charge in [0.15, 0.2) is 41.0 Å². The van der Waals surface area contributed by atoms with Crippen LogP contribution in [-0.2, 0) is 19.1 Å². The van der Waals surface area contributed by atoms with Crippen LogP contribution in [0.3, 0.4) is 0 Å². The summed E-state index contributed by atoms with van der Waals surface area (Å²) in [7, 11) is 2.75. The second-order valence-corrected chi connectivity index (χ2v) is 11.5. The highest BCUT2D eigenvalue weighted by Gasteiger charge is 2.34. The molecule has 12 nitrogen and oxygen atoms in total. The van der Waals surface area contributed by atoms with E-state index in [1.807, 2.05) is 12.1 Å². The van der Waals surface area contributed by atoms with Crippen molar-refractivity contribution in [2.75, 3.05) is 40.6 Å². The van der Waals surface area contributed by atoms with Crippen LogP contribution in [0.4, 0.5) is 0 Å². The molecule has 0 amide bonds. The van der Waals surface area contributed by atoms with Gasteiger partial charge in [-0.25, -0.2) is 14.6 Å². The zero-order chi connectivity index (χ0) is 32.7. The molecule has 2 heterocycles. The van der Waals surface area contributed by atoms with Crippen LogP contribution in [0.1, 0.15) is 37.9 Å². The fourth-order valence-corrected chi connectivity index (χ4v) is 6.43. The Kier molecular flexibility index (Phi) is 11.2. The number of ether oxygens (including phenoxy) is 6. The molecule has 0 saturated carbocycles. The fourth-order valence-electron chi connectivity index (χ4n) is 4.60. The maximum atomic E-state index is 14.1. The third-order valence-electron chi connectivity index (χ3n) is 6.50. The predicted octanol–water partition coefficient (Wildman–Crippen LogP) is 3.26. The van der Waals surface area contributed by atoms with E-state index >= 15 is 0 Å². The molecule has 0 saturated heterocycles. The largest absolute Gasteiger partial charge is 0.493 e. The third-order valence-corrected chi connectivity index (χ3v) is 8.29. The van der Waals surface area contributed by atoms with Gasteiger partial charge >= 0.3 is 11.9 Å². The Bertz CT molecular complexity index is 1870. The molecule has 45 heavy (non-hydrogen) atoms. The Morgan fingerprint density at radius 2 is 1.87 bits per heavy atom. The summed E-state index contributed by atoms with van der Waals surface area (Å²) < 4.78 is 35.0. The van der Waals surface area contributed by atoms with Crippen molar-refractivity contribution in [3.63, 3.8) is 0 Å². The van der Waals surface area contributed by atoms with Gasteiger partial charge in [0, 0.05) is 0 Å². The molecule has 0 unspecified atom stereocenters. The number of methoxy groups -OCH3 is 2. The highest BCUT2D eigenvalue weighted by molar-refractivity contribution is 14.1. The van der Waals surface area contributed by atoms with E-state index in [0.29, 0.717) is 59.3 Å². The Morgan fingerprint density at radius 1 is 1.09 bits per heavy atom. The molecule has 0 spiro atoms. The first-order valence-electron chi connectivity index (χ1n) is 13.7. The number of aromatic nitrogens is 1. The van der Waals surface area contributed by atoms with Crippen molar-refractivity contribution in [2.24, 2.45) is 4.99 Å². The van der Waals surface area contributed by atoms with E-state index in [2.05, 4.69) is 32.3 Å². The van der Waals surface area contributed by atoms with Crippen LogP contribution in [0.25, 0.3) is 6.08 Å². The Labute approximate surface area is 276 Å². The van der Waals surface area contributed by atoms with Crippen molar-refractivity contribution < 1.29 is 38.0 Å². The van der Waals surface area contributed by atoms with Crippen molar-refractivity contribution in [1.29, 1.82) is 5.26 Å². The van der Waals surface area contributed by atoms with Crippen molar-refractivity contribution in [1.82, 2.24) is 4.57 Å². The molecule has 236 valence electrons. The number of halogens is 1. The molecule has 4 rings (SSSR count). The quantitative estimate of drug-likeness (QED) is 0.200. The minimum atomic E-state index is -0.896. The molecule has 2 aromatic carbocycles. The molecule has 0 fully saturated rings. The predicted molar refractivity (Wildman–Crippen MR) is 172 cm³/mol. The molecule has 1 aromatic heterocycles. The maximum Gasteiger partial charge on any atom is 0.343 e. The molecular weight excluding hydrogens is 717 g/mol. The number of hydrogen-bond donors (Lipinski definition) is 0. The summed E-state index contributed by atoms with van der Waals surface area (Å²) in [6.07, 6.45) is 1.71. The van der Waals surface area contributed by atoms with E-state index in [-0.39, 0.29) is 31.0 Å². The normalized spacial score (nSPS) is 14.2. The third kappa shape index (κ3) is 7.31. The van der Waals surface area contributed by atoms with Crippen LogP contribution in [0.5, 0.6) is 23.0 Å². The van der Waals surface area contributed by atoms with Gasteiger partial charge in [-0.2, -0.15) is 5.26 Å². The summed E-state index contributed by atoms with van der Waals surface area (Å²) in [6, 6.07) is 9.54. The average molecular weight is 748 g/mol. The van der Waals surface area contributed by atoms with Gasteiger partial charge in [-0.1, -0.05) is 17.4 Å². The monoisotopic (exact) mass is 747 g/mol. The molecule has 14 heteroatoms. The average Bonchev–Trinajstić information content (AvgIpc) is 3.32. The molecule has 1 aliphatic rings. The Balaban J connectivity index is 1.89. The van der Waals surface area contributed by atoms with E-state index in [4.69, 9.17) is 28.9 Å². The Morgan fingerprint density at radius 3 is 2.53 bits per heavy atom. The molecule has 0 bridgehead atoms. The first-order chi connectivity index (χ1) is 21.7. The molecular formula is C31H30IN3O9S. The second-order valence-electron chi connectivity index (χ2n) is 9.29. The maximum absolute atomic E-state index is 14.1. The van der Waals surface area contributed by atoms with E-state index in [1.54, 1.807) is 51.1 Å². The summed E-state index contributed by atoms with van der Waals surface area (Å²) in [5.41, 5.74) is 1.45. The van der Waals surface area contributed by atoms with Crippen LogP contribution in [-0.4, -0.2) is 57.2 Å². The number of carbonyl (C=O) groups is 2. The number of fused-ring (bicyclic) bond motifs is 1. The lowest BCUT2D eigenvalue weighted by atomic mass is 9.95. The fraction of sp³-hybridized carbons (Fsp3) is 0.323. The van der Waals surface area contributed by atoms with Crippen LogP contribution < -0.4 is 33.8 Å². The van der Waals surface area contributed by atoms with Gasteiger partial charge in [-0.3, -0.25) is 9.36 Å². The number of nitrogens with zero attached hydrogens (tertiary/aromatic N) is 3. The van der Waals surface area contributed by atoms with Crippen molar-refractivity contribution in [2.45, 2.75) is 26.8 Å². The van der Waals surface area contributed by atoms with Crippen LogP contribution in [0, 0.1) is 14.9 Å². The van der Waals surface area contributed by atoms with E-state index in [9.17, 15) is 14.4 Å². The van der Waals surface area contributed by atoms with Gasteiger partial charge in [0.25, 0.3) is 5.56 Å². The summed E-state index contributed by atoms with van der Waals surface area (Å²) in [5, 5.41) is 8.92. The molecule has 1 aliphatic heterocycles. The lowest BCUT2D eigenvalue weighted by Gasteiger charge is -2.25. The zero-order valence-corrected chi connectivity index (χ0v) is 28.1. The van der Waals surface area contributed by atoms with Crippen molar-refractivity contribution in [3.05, 3.63) is 76.0 Å². The van der Waals surface area contributed by atoms with Gasteiger partial charge in [0.1, 0.15) is 6.07 Å². The van der Waals surface area contributed by atoms with Crippen molar-refractivity contribution >= 4 is 51.9 Å². The highest BCUT2D eigenvalue weighted by Crippen LogP contribution is 2.37. The van der Waals surface area contributed by atoms with E-state index in [0.717, 1.165) is 0 Å². The minimum absolute atomic E-state index is 0.131. The molecule has 3 aromatic rings. The first-order valence-corrected chi connectivity index (χ1v) is 15.6. The van der Waals surface area contributed by atoms with Gasteiger partial charge in [0.05, 0.1) is 52.8 Å². The molecule has 0 aliphatic carbocycles. The van der Waals surface area contributed by atoms with Crippen LogP contribution in [0.15, 0.2) is 51.4 Å². The summed E-state index contributed by atoms with van der Waals surface area (Å²) >= 11 is 3.25. The summed E-state index contributed by atoms with van der Waals surface area (Å²) in [4.78, 5) is 44.1. The topological polar surface area (TPSA) is 148 Å². The molecule has 1 atom stereocenters. The van der Waals surface area contributed by atoms with Crippen LogP contribution >= 0.6 is 33.9 Å². The van der Waals surface area contributed by atoms with Gasteiger partial charge < -0.3 is 28.4 Å². The number of thiazole rings is 1. The number of nitriles is 1. The number of esters is 2. The highest BCUT2D eigenvalue weighted by atomic mass is 127. The summed E-state index contributed by atoms with van der Waals surface area (Å²) in [5.74, 6) is 0.286. The number of rotatable bonds is 12. The molecule has 0 radical (unpaired) electrons. The van der Waals surface area contributed by atoms with Crippen molar-refractivity contribution in [3.8, 4) is 29.1 Å². The van der Waals surface area contributed by atoms with Crippen LogP contribution in [0.2, 0.25) is 0 Å². The van der Waals surface area contributed by atoms with Gasteiger partial charge in [-0.15, -0.1) is 0 Å². The Hall–Kier alpha value is -4.36. The van der Waals surface area contributed by atoms with Gasteiger partial charge in [-0.05, 0) is 84.8 Å². The minimum Gasteiger partial charge on any atom is -0.493 e. The SMILES string of the molecule is CCOC(=O)C1=C(C)N=c2s/c(=C\c3cc(I)c(OCC#N)c(OC)c3)c(=O)n2[C@@H]1c1ccc(OCC(=O)OC)c(OCC)c1. The van der Waals surface area contributed by atoms with Gasteiger partial charge in [0.2, 0.25) is 0 Å². The van der Waals surface area contributed by atoms with E-state index in [1.165, 1.54) is 30.1 Å². The molecule has 0 N–H and O–H groups in total. The second kappa shape index (κ2) is 15.1. The number of hydrogen-bond acceptors (Lipinski definition) is 12. The smallest absolute Gasteiger partial charge is 0.343 e. The zero-order valence-electron chi connectivity index (χ0n) is 25.2. The number of allylic oxidation sites excluding steroid dienone is 1. The lowest BCUT2D eigenvalue weighted by Crippen LogP contribution is -2.40. The standard InChI is InChI=1S/C31H30IN3O9S/c1-6-41-22-15-19(8-9-21(22)44-16-25(36)40-5)27-26(30(38)42-7-2)17(3)34-31-35(27)29(37)24(45-31)14-18-12-20(32)28(43-11-10-33)23(13-18)39-4/h8-9,12-15,27H,6-7,11,16H2,1-5H3/b24-14-/t27-/m1/s1. The van der Waals surface area contributed by atoms with E-state index < -0.39 is 18.0 Å². The lowest BCUT2D eigenvalue weighted by molar-refractivity contribution is -0.143.